The number of aliphatic hydroxyl groups excluding tert-OH is 1. The van der Waals surface area contributed by atoms with Crippen LogP contribution in [0.5, 0.6) is 0 Å². The Morgan fingerprint density at radius 1 is 1.50 bits per heavy atom. The summed E-state index contributed by atoms with van der Waals surface area (Å²) in [6, 6.07) is 3.25. The van der Waals surface area contributed by atoms with Crippen molar-refractivity contribution < 1.29 is 15.0 Å². The molecule has 0 radical (unpaired) electrons. The highest BCUT2D eigenvalue weighted by Gasteiger charge is 2.41. The molecule has 2 rings (SSSR count). The van der Waals surface area contributed by atoms with E-state index in [1.54, 1.807) is 19.1 Å². The molecule has 0 unspecified atom stereocenters. The average Bonchev–Trinajstić information content (AvgIpc) is 3.07. The van der Waals surface area contributed by atoms with Crippen molar-refractivity contribution in [1.82, 2.24) is 4.98 Å². The molecule has 1 aliphatic carbocycles. The van der Waals surface area contributed by atoms with Crippen molar-refractivity contribution in [2.45, 2.75) is 26.2 Å². The van der Waals surface area contributed by atoms with E-state index in [9.17, 15) is 4.79 Å². The lowest BCUT2D eigenvalue weighted by atomic mass is 10.0. The summed E-state index contributed by atoms with van der Waals surface area (Å²) < 4.78 is 0. The smallest absolute Gasteiger partial charge is 0.337 e. The van der Waals surface area contributed by atoms with Gasteiger partial charge in [0.15, 0.2) is 0 Å². The molecule has 1 aliphatic rings. The monoisotopic (exact) mass is 250 g/mol. The SMILES string of the molecule is Cc1nc(NCC2(CCO)CC2)ccc1C(=O)O. The Bertz CT molecular complexity index is 456. The van der Waals surface area contributed by atoms with E-state index in [1.807, 2.05) is 0 Å². The number of pyridine rings is 1. The van der Waals surface area contributed by atoms with Crippen molar-refractivity contribution >= 4 is 11.8 Å². The molecule has 0 aliphatic heterocycles. The third kappa shape index (κ3) is 2.79. The third-order valence-electron chi connectivity index (χ3n) is 3.56. The number of anilines is 1. The summed E-state index contributed by atoms with van der Waals surface area (Å²) in [4.78, 5) is 15.1. The first-order valence-corrected chi connectivity index (χ1v) is 6.12. The molecular formula is C13H18N2O3. The predicted octanol–water partition coefficient (Wildman–Crippen LogP) is 1.66. The molecule has 1 aromatic rings. The Balaban J connectivity index is 1.98. The van der Waals surface area contributed by atoms with Crippen LogP contribution in [-0.2, 0) is 0 Å². The maximum atomic E-state index is 10.9. The molecule has 18 heavy (non-hydrogen) atoms. The standard InChI is InChI=1S/C13H18N2O3/c1-9-10(12(17)18)2-3-11(15-9)14-8-13(4-5-13)6-7-16/h2-3,16H,4-8H2,1H3,(H,14,15)(H,17,18). The van der Waals surface area contributed by atoms with Gasteiger partial charge in [-0.25, -0.2) is 9.78 Å². The van der Waals surface area contributed by atoms with Gasteiger partial charge in [0.05, 0.1) is 11.3 Å². The minimum atomic E-state index is -0.953. The highest BCUT2D eigenvalue weighted by atomic mass is 16.4. The van der Waals surface area contributed by atoms with E-state index >= 15 is 0 Å². The van der Waals surface area contributed by atoms with E-state index < -0.39 is 5.97 Å². The number of rotatable bonds is 6. The van der Waals surface area contributed by atoms with Crippen LogP contribution >= 0.6 is 0 Å². The Morgan fingerprint density at radius 3 is 2.72 bits per heavy atom. The van der Waals surface area contributed by atoms with E-state index in [2.05, 4.69) is 10.3 Å². The van der Waals surface area contributed by atoms with Crippen molar-refractivity contribution in [2.75, 3.05) is 18.5 Å². The quantitative estimate of drug-likeness (QED) is 0.715. The summed E-state index contributed by atoms with van der Waals surface area (Å²) in [5.41, 5.74) is 0.965. The van der Waals surface area contributed by atoms with Crippen molar-refractivity contribution in [2.24, 2.45) is 5.41 Å². The van der Waals surface area contributed by atoms with Crippen LogP contribution in [0, 0.1) is 12.3 Å². The fourth-order valence-corrected chi connectivity index (χ4v) is 2.09. The maximum Gasteiger partial charge on any atom is 0.337 e. The van der Waals surface area contributed by atoms with Gasteiger partial charge < -0.3 is 15.5 Å². The zero-order valence-electron chi connectivity index (χ0n) is 10.4. The Morgan fingerprint density at radius 2 is 2.22 bits per heavy atom. The van der Waals surface area contributed by atoms with Gasteiger partial charge in [-0.2, -0.15) is 0 Å². The summed E-state index contributed by atoms with van der Waals surface area (Å²) in [6.45, 7) is 2.69. The number of carboxylic acid groups (broad SMARTS) is 1. The van der Waals surface area contributed by atoms with Crippen LogP contribution in [0.4, 0.5) is 5.82 Å². The fourth-order valence-electron chi connectivity index (χ4n) is 2.09. The van der Waals surface area contributed by atoms with Gasteiger partial charge in [-0.1, -0.05) is 0 Å². The second-order valence-electron chi connectivity index (χ2n) is 4.96. The molecule has 5 nitrogen and oxygen atoms in total. The van der Waals surface area contributed by atoms with Gasteiger partial charge in [0, 0.05) is 13.2 Å². The average molecular weight is 250 g/mol. The summed E-state index contributed by atoms with van der Waals surface area (Å²) >= 11 is 0. The maximum absolute atomic E-state index is 10.9. The van der Waals surface area contributed by atoms with Crippen molar-refractivity contribution in [3.05, 3.63) is 23.4 Å². The van der Waals surface area contributed by atoms with Gasteiger partial charge in [0.1, 0.15) is 5.82 Å². The molecule has 5 heteroatoms. The van der Waals surface area contributed by atoms with Crippen molar-refractivity contribution in [1.29, 1.82) is 0 Å². The van der Waals surface area contributed by atoms with Gasteiger partial charge >= 0.3 is 5.97 Å². The molecule has 98 valence electrons. The van der Waals surface area contributed by atoms with Crippen LogP contribution in [0.3, 0.4) is 0 Å². The van der Waals surface area contributed by atoms with Crippen molar-refractivity contribution in [3.63, 3.8) is 0 Å². The molecule has 1 fully saturated rings. The molecule has 1 saturated carbocycles. The number of carbonyl (C=O) groups is 1. The second kappa shape index (κ2) is 4.94. The number of hydrogen-bond donors (Lipinski definition) is 3. The lowest BCUT2D eigenvalue weighted by Gasteiger charge is -2.15. The lowest BCUT2D eigenvalue weighted by Crippen LogP contribution is -2.17. The normalized spacial score (nSPS) is 16.3. The molecule has 0 atom stereocenters. The first-order valence-electron chi connectivity index (χ1n) is 6.12. The minimum absolute atomic E-state index is 0.214. The zero-order valence-corrected chi connectivity index (χ0v) is 10.4. The van der Waals surface area contributed by atoms with Crippen molar-refractivity contribution in [3.8, 4) is 0 Å². The van der Waals surface area contributed by atoms with E-state index in [-0.39, 0.29) is 17.6 Å². The van der Waals surface area contributed by atoms with Gasteiger partial charge in [-0.3, -0.25) is 0 Å². The number of carboxylic acids is 1. The molecule has 0 saturated heterocycles. The molecule has 1 heterocycles. The largest absolute Gasteiger partial charge is 0.478 e. The van der Waals surface area contributed by atoms with Gasteiger partial charge in [-0.05, 0) is 43.7 Å². The Hall–Kier alpha value is -1.62. The minimum Gasteiger partial charge on any atom is -0.478 e. The molecule has 1 aromatic heterocycles. The lowest BCUT2D eigenvalue weighted by molar-refractivity contribution is 0.0695. The van der Waals surface area contributed by atoms with Gasteiger partial charge in [-0.15, -0.1) is 0 Å². The molecule has 0 aromatic carbocycles. The number of nitrogens with zero attached hydrogens (tertiary/aromatic N) is 1. The number of aryl methyl sites for hydroxylation is 1. The predicted molar refractivity (Wildman–Crippen MR) is 67.8 cm³/mol. The summed E-state index contributed by atoms with van der Waals surface area (Å²) in [6.07, 6.45) is 3.08. The first-order chi connectivity index (χ1) is 8.56. The number of hydrogen-bond acceptors (Lipinski definition) is 4. The fraction of sp³-hybridized carbons (Fsp3) is 0.538. The van der Waals surface area contributed by atoms with E-state index in [4.69, 9.17) is 10.2 Å². The van der Waals surface area contributed by atoms with Gasteiger partial charge in [0.2, 0.25) is 0 Å². The number of nitrogens with one attached hydrogen (secondary N) is 1. The van der Waals surface area contributed by atoms with E-state index in [0.29, 0.717) is 11.5 Å². The first kappa shape index (κ1) is 12.8. The van der Waals surface area contributed by atoms with E-state index in [1.165, 1.54) is 0 Å². The van der Waals surface area contributed by atoms with Crippen LogP contribution in [-0.4, -0.2) is 34.3 Å². The molecular weight excluding hydrogens is 232 g/mol. The highest BCUT2D eigenvalue weighted by molar-refractivity contribution is 5.89. The van der Waals surface area contributed by atoms with E-state index in [0.717, 1.165) is 25.8 Å². The Labute approximate surface area is 106 Å². The summed E-state index contributed by atoms with van der Waals surface area (Å²) in [5.74, 6) is -0.257. The number of aromatic nitrogens is 1. The Kier molecular flexibility index (Phi) is 3.52. The van der Waals surface area contributed by atoms with Crippen LogP contribution in [0.2, 0.25) is 0 Å². The van der Waals surface area contributed by atoms with Gasteiger partial charge in [0.25, 0.3) is 0 Å². The third-order valence-corrected chi connectivity index (χ3v) is 3.56. The van der Waals surface area contributed by atoms with Crippen LogP contribution in [0.15, 0.2) is 12.1 Å². The van der Waals surface area contributed by atoms with Crippen LogP contribution in [0.25, 0.3) is 0 Å². The molecule has 0 amide bonds. The second-order valence-corrected chi connectivity index (χ2v) is 4.96. The number of aromatic carboxylic acids is 1. The molecule has 0 spiro atoms. The summed E-state index contributed by atoms with van der Waals surface area (Å²) in [7, 11) is 0. The molecule has 3 N–H and O–H groups in total. The summed E-state index contributed by atoms with van der Waals surface area (Å²) in [5, 5.41) is 21.1. The highest BCUT2D eigenvalue weighted by Crippen LogP contribution is 2.48. The topological polar surface area (TPSA) is 82.5 Å². The zero-order chi connectivity index (χ0) is 13.2. The van der Waals surface area contributed by atoms with Crippen LogP contribution in [0.1, 0.15) is 35.3 Å². The number of aliphatic hydroxyl groups is 1. The van der Waals surface area contributed by atoms with Crippen LogP contribution < -0.4 is 5.32 Å². The molecule has 0 bridgehead atoms.